The summed E-state index contributed by atoms with van der Waals surface area (Å²) in [5, 5.41) is 8.78. The summed E-state index contributed by atoms with van der Waals surface area (Å²) in [6.45, 7) is 2.92. The van der Waals surface area contributed by atoms with Crippen molar-refractivity contribution in [3.05, 3.63) is 21.9 Å². The Labute approximate surface area is 145 Å². The second-order valence-electron chi connectivity index (χ2n) is 6.47. The molecule has 0 spiro atoms. The molecule has 132 valence electrons. The molecule has 1 aromatic heterocycles. The van der Waals surface area contributed by atoms with Gasteiger partial charge in [0, 0.05) is 29.9 Å². The lowest BCUT2D eigenvalue weighted by Crippen LogP contribution is -2.04. The Balaban J connectivity index is 2.08. The predicted molar refractivity (Wildman–Crippen MR) is 97.3 cm³/mol. The number of carboxylic acid groups (broad SMARTS) is 1. The molecule has 1 N–H and O–H groups in total. The van der Waals surface area contributed by atoms with Crippen molar-refractivity contribution in [2.75, 3.05) is 13.7 Å². The van der Waals surface area contributed by atoms with Gasteiger partial charge in [-0.1, -0.05) is 32.6 Å². The van der Waals surface area contributed by atoms with Crippen LogP contribution in [0.4, 0.5) is 0 Å². The van der Waals surface area contributed by atoms with Crippen molar-refractivity contribution in [2.45, 2.75) is 71.1 Å². The van der Waals surface area contributed by atoms with Gasteiger partial charge in [0.2, 0.25) is 0 Å². The Morgan fingerprint density at radius 2 is 1.70 bits per heavy atom. The van der Waals surface area contributed by atoms with E-state index in [1.54, 1.807) is 7.11 Å². The van der Waals surface area contributed by atoms with Gasteiger partial charge >= 0.3 is 5.97 Å². The van der Waals surface area contributed by atoms with E-state index in [0.29, 0.717) is 0 Å². The Bertz CT molecular complexity index is 428. The molecule has 1 aromatic rings. The van der Waals surface area contributed by atoms with Gasteiger partial charge in [-0.25, -0.2) is 0 Å². The zero-order valence-electron chi connectivity index (χ0n) is 14.7. The highest BCUT2D eigenvalue weighted by atomic mass is 32.1. The molecular weight excluding hydrogens is 308 g/mol. The van der Waals surface area contributed by atoms with Gasteiger partial charge in [-0.2, -0.15) is 0 Å². The van der Waals surface area contributed by atoms with Crippen LogP contribution in [0.25, 0.3) is 0 Å². The van der Waals surface area contributed by atoms with Gasteiger partial charge in [0.05, 0.1) is 0 Å². The van der Waals surface area contributed by atoms with Crippen LogP contribution < -0.4 is 0 Å². The summed E-state index contributed by atoms with van der Waals surface area (Å²) < 4.78 is 5.06. The van der Waals surface area contributed by atoms with E-state index in [9.17, 15) is 4.79 Å². The number of rotatable bonds is 14. The molecule has 0 amide bonds. The second-order valence-corrected chi connectivity index (χ2v) is 7.73. The molecule has 0 radical (unpaired) electrons. The number of carboxylic acids is 1. The summed E-state index contributed by atoms with van der Waals surface area (Å²) in [6.07, 6.45) is 11.2. The topological polar surface area (TPSA) is 46.5 Å². The summed E-state index contributed by atoms with van der Waals surface area (Å²) in [4.78, 5) is 13.5. The molecule has 0 aromatic carbocycles. The van der Waals surface area contributed by atoms with Gasteiger partial charge < -0.3 is 9.84 Å². The first-order valence-electron chi connectivity index (χ1n) is 8.90. The van der Waals surface area contributed by atoms with Crippen LogP contribution in [0.3, 0.4) is 0 Å². The second kappa shape index (κ2) is 12.5. The van der Waals surface area contributed by atoms with Crippen molar-refractivity contribution < 1.29 is 14.6 Å². The molecule has 0 saturated heterocycles. The molecule has 0 aliphatic rings. The van der Waals surface area contributed by atoms with Crippen LogP contribution in [0, 0.1) is 5.92 Å². The number of unbranched alkanes of at least 4 members (excludes halogenated alkanes) is 5. The standard InChI is InChI=1S/C19H32O3S/c1-16(15-19(20)21)10-11-18-13-12-17(23-18)9-7-5-3-4-6-8-14-22-2/h12-13,16H,3-11,14-15H2,1-2H3,(H,20,21)/t16-/m1/s1. The van der Waals surface area contributed by atoms with Crippen LogP contribution in [-0.2, 0) is 22.4 Å². The highest BCUT2D eigenvalue weighted by molar-refractivity contribution is 7.11. The number of hydrogen-bond donors (Lipinski definition) is 1. The normalized spacial score (nSPS) is 12.4. The monoisotopic (exact) mass is 340 g/mol. The van der Waals surface area contributed by atoms with Crippen LogP contribution in [0.1, 0.15) is 68.0 Å². The molecule has 1 heterocycles. The first-order valence-corrected chi connectivity index (χ1v) is 9.71. The van der Waals surface area contributed by atoms with E-state index in [1.807, 2.05) is 18.3 Å². The van der Waals surface area contributed by atoms with Gasteiger partial charge in [-0.3, -0.25) is 4.79 Å². The molecule has 1 rings (SSSR count). The number of aliphatic carboxylic acids is 1. The first-order chi connectivity index (χ1) is 11.1. The van der Waals surface area contributed by atoms with E-state index in [4.69, 9.17) is 9.84 Å². The smallest absolute Gasteiger partial charge is 0.303 e. The highest BCUT2D eigenvalue weighted by Crippen LogP contribution is 2.22. The zero-order valence-corrected chi connectivity index (χ0v) is 15.5. The number of hydrogen-bond acceptors (Lipinski definition) is 3. The van der Waals surface area contributed by atoms with Gasteiger partial charge in [0.25, 0.3) is 0 Å². The van der Waals surface area contributed by atoms with E-state index in [-0.39, 0.29) is 12.3 Å². The van der Waals surface area contributed by atoms with Gasteiger partial charge in [-0.05, 0) is 50.2 Å². The molecule has 3 nitrogen and oxygen atoms in total. The number of aryl methyl sites for hydroxylation is 2. The fourth-order valence-corrected chi connectivity index (χ4v) is 3.81. The molecule has 1 atom stereocenters. The van der Waals surface area contributed by atoms with Gasteiger partial charge in [0.15, 0.2) is 0 Å². The molecule has 0 aliphatic carbocycles. The minimum atomic E-state index is -0.688. The number of carbonyl (C=O) groups is 1. The summed E-state index contributed by atoms with van der Waals surface area (Å²) >= 11 is 1.90. The molecule has 0 saturated carbocycles. The maximum absolute atomic E-state index is 10.7. The summed E-state index contributed by atoms with van der Waals surface area (Å²) in [6, 6.07) is 4.47. The van der Waals surface area contributed by atoms with Gasteiger partial charge in [0.1, 0.15) is 0 Å². The third-order valence-electron chi connectivity index (χ3n) is 4.15. The van der Waals surface area contributed by atoms with E-state index < -0.39 is 5.97 Å². The Morgan fingerprint density at radius 3 is 2.35 bits per heavy atom. The van der Waals surface area contributed by atoms with E-state index in [2.05, 4.69) is 12.1 Å². The fraction of sp³-hybridized carbons (Fsp3) is 0.737. The lowest BCUT2D eigenvalue weighted by molar-refractivity contribution is -0.138. The minimum absolute atomic E-state index is 0.260. The van der Waals surface area contributed by atoms with Crippen LogP contribution in [0.15, 0.2) is 12.1 Å². The first kappa shape index (κ1) is 20.2. The maximum Gasteiger partial charge on any atom is 0.303 e. The molecule has 0 unspecified atom stereocenters. The Morgan fingerprint density at radius 1 is 1.09 bits per heavy atom. The fourth-order valence-electron chi connectivity index (χ4n) is 2.73. The maximum atomic E-state index is 10.7. The lowest BCUT2D eigenvalue weighted by Gasteiger charge is -2.06. The Kier molecular flexibility index (Phi) is 11.0. The molecule has 0 fully saturated rings. The van der Waals surface area contributed by atoms with Crippen LogP contribution in [0.2, 0.25) is 0 Å². The van der Waals surface area contributed by atoms with E-state index in [0.717, 1.165) is 19.4 Å². The minimum Gasteiger partial charge on any atom is -0.481 e. The lowest BCUT2D eigenvalue weighted by atomic mass is 10.0. The number of ether oxygens (including phenoxy) is 1. The molecule has 0 bridgehead atoms. The highest BCUT2D eigenvalue weighted by Gasteiger charge is 2.08. The summed E-state index contributed by atoms with van der Waals surface area (Å²) in [7, 11) is 1.77. The van der Waals surface area contributed by atoms with Crippen LogP contribution in [-0.4, -0.2) is 24.8 Å². The molecule has 23 heavy (non-hydrogen) atoms. The third-order valence-corrected chi connectivity index (χ3v) is 5.35. The van der Waals surface area contributed by atoms with Gasteiger partial charge in [-0.15, -0.1) is 11.3 Å². The Hall–Kier alpha value is -0.870. The summed E-state index contributed by atoms with van der Waals surface area (Å²) in [5.41, 5.74) is 0. The van der Waals surface area contributed by atoms with Crippen molar-refractivity contribution in [3.8, 4) is 0 Å². The average molecular weight is 341 g/mol. The number of methoxy groups -OCH3 is 1. The predicted octanol–water partition coefficient (Wildman–Crippen LogP) is 5.32. The molecule has 4 heteroatoms. The van der Waals surface area contributed by atoms with Crippen molar-refractivity contribution in [3.63, 3.8) is 0 Å². The van der Waals surface area contributed by atoms with Crippen molar-refractivity contribution in [1.29, 1.82) is 0 Å². The molecule has 0 aliphatic heterocycles. The summed E-state index contributed by atoms with van der Waals surface area (Å²) in [5.74, 6) is -0.428. The van der Waals surface area contributed by atoms with Crippen LogP contribution >= 0.6 is 11.3 Å². The SMILES string of the molecule is COCCCCCCCCc1ccc(CC[C@@H](C)CC(=O)O)s1. The van der Waals surface area contributed by atoms with E-state index in [1.165, 1.54) is 54.7 Å². The van der Waals surface area contributed by atoms with Crippen molar-refractivity contribution >= 4 is 17.3 Å². The third kappa shape index (κ3) is 10.5. The molecular formula is C19H32O3S. The van der Waals surface area contributed by atoms with Crippen LogP contribution in [0.5, 0.6) is 0 Å². The zero-order chi connectivity index (χ0) is 16.9. The van der Waals surface area contributed by atoms with Crippen molar-refractivity contribution in [1.82, 2.24) is 0 Å². The van der Waals surface area contributed by atoms with E-state index >= 15 is 0 Å². The average Bonchev–Trinajstić information content (AvgIpc) is 2.95. The quantitative estimate of drug-likeness (QED) is 0.466. The largest absolute Gasteiger partial charge is 0.481 e. The van der Waals surface area contributed by atoms with Crippen molar-refractivity contribution in [2.24, 2.45) is 5.92 Å². The number of thiophene rings is 1.